The molecule has 0 spiro atoms. The smallest absolute Gasteiger partial charge is 0.257 e. The molecular formula is C26H27N5O2S. The number of aromatic nitrogens is 4. The Balaban J connectivity index is 1.46. The van der Waals surface area contributed by atoms with Crippen LogP contribution in [0.3, 0.4) is 0 Å². The molecule has 0 unspecified atom stereocenters. The number of thiophene rings is 1. The quantitative estimate of drug-likeness (QED) is 0.370. The first-order valence-corrected chi connectivity index (χ1v) is 12.1. The second-order valence-corrected chi connectivity index (χ2v) is 10.2. The van der Waals surface area contributed by atoms with E-state index in [0.717, 1.165) is 41.1 Å². The Hall–Kier alpha value is -3.52. The van der Waals surface area contributed by atoms with Crippen LogP contribution >= 0.6 is 11.3 Å². The van der Waals surface area contributed by atoms with Crippen molar-refractivity contribution >= 4 is 17.2 Å². The van der Waals surface area contributed by atoms with Gasteiger partial charge in [-0.2, -0.15) is 5.10 Å². The van der Waals surface area contributed by atoms with Crippen LogP contribution in [0.25, 0.3) is 17.2 Å². The summed E-state index contributed by atoms with van der Waals surface area (Å²) in [6.07, 6.45) is 5.50. The predicted octanol–water partition coefficient (Wildman–Crippen LogP) is 5.17. The van der Waals surface area contributed by atoms with E-state index in [4.69, 9.17) is 9.72 Å². The number of carbonyl (C=O) groups is 1. The highest BCUT2D eigenvalue weighted by atomic mass is 32.1. The first kappa shape index (κ1) is 22.3. The fourth-order valence-corrected chi connectivity index (χ4v) is 5.17. The average molecular weight is 474 g/mol. The van der Waals surface area contributed by atoms with Gasteiger partial charge in [0.25, 0.3) is 11.9 Å². The molecule has 1 aliphatic carbocycles. The monoisotopic (exact) mass is 473 g/mol. The number of rotatable bonds is 7. The van der Waals surface area contributed by atoms with Gasteiger partial charge in [-0.25, -0.2) is 14.6 Å². The molecule has 1 amide bonds. The van der Waals surface area contributed by atoms with Crippen molar-refractivity contribution in [2.45, 2.75) is 39.2 Å². The second-order valence-electron chi connectivity index (χ2n) is 8.71. The third-order valence-corrected chi connectivity index (χ3v) is 7.02. The summed E-state index contributed by atoms with van der Waals surface area (Å²) in [5.74, 6) is 1.51. The van der Waals surface area contributed by atoms with Gasteiger partial charge in [0.05, 0.1) is 30.3 Å². The van der Waals surface area contributed by atoms with Crippen molar-refractivity contribution in [2.24, 2.45) is 0 Å². The fourth-order valence-electron chi connectivity index (χ4n) is 4.24. The molecule has 1 aliphatic rings. The number of nitrogens with zero attached hydrogens (tertiary/aromatic N) is 5. The number of benzene rings is 1. The number of amides is 1. The fraction of sp³-hybridized carbons (Fsp3) is 0.308. The van der Waals surface area contributed by atoms with Gasteiger partial charge in [-0.3, -0.25) is 4.79 Å². The van der Waals surface area contributed by atoms with Gasteiger partial charge in [0.2, 0.25) is 0 Å². The van der Waals surface area contributed by atoms with Gasteiger partial charge < -0.3 is 9.64 Å². The maximum absolute atomic E-state index is 13.4. The molecule has 1 aromatic carbocycles. The van der Waals surface area contributed by atoms with Crippen molar-refractivity contribution in [3.63, 3.8) is 0 Å². The zero-order valence-electron chi connectivity index (χ0n) is 19.8. The van der Waals surface area contributed by atoms with Crippen LogP contribution in [0.5, 0.6) is 5.75 Å². The Bertz CT molecular complexity index is 1350. The van der Waals surface area contributed by atoms with E-state index in [1.165, 1.54) is 9.75 Å². The molecule has 0 atom stereocenters. The summed E-state index contributed by atoms with van der Waals surface area (Å²) in [6, 6.07) is 11.8. The molecule has 1 fully saturated rings. The molecule has 0 aliphatic heterocycles. The first-order valence-electron chi connectivity index (χ1n) is 11.3. The lowest BCUT2D eigenvalue weighted by atomic mass is 10.1. The van der Waals surface area contributed by atoms with Crippen molar-refractivity contribution in [1.29, 1.82) is 0 Å². The molecule has 4 aromatic rings. The molecular weight excluding hydrogens is 446 g/mol. The molecule has 3 aromatic heterocycles. The summed E-state index contributed by atoms with van der Waals surface area (Å²) in [5.41, 5.74) is 4.50. The maximum atomic E-state index is 13.4. The van der Waals surface area contributed by atoms with Gasteiger partial charge in [0, 0.05) is 41.0 Å². The molecule has 34 heavy (non-hydrogen) atoms. The van der Waals surface area contributed by atoms with Crippen LogP contribution in [0.2, 0.25) is 0 Å². The molecule has 3 heterocycles. The van der Waals surface area contributed by atoms with E-state index >= 15 is 0 Å². The van der Waals surface area contributed by atoms with E-state index < -0.39 is 0 Å². The Morgan fingerprint density at radius 3 is 2.76 bits per heavy atom. The van der Waals surface area contributed by atoms with Gasteiger partial charge >= 0.3 is 0 Å². The van der Waals surface area contributed by atoms with Crippen LogP contribution < -0.4 is 4.74 Å². The minimum Gasteiger partial charge on any atom is -0.497 e. The third kappa shape index (κ3) is 4.33. The Morgan fingerprint density at radius 1 is 1.24 bits per heavy atom. The molecule has 0 saturated heterocycles. The van der Waals surface area contributed by atoms with Crippen molar-refractivity contribution in [2.75, 3.05) is 14.2 Å². The van der Waals surface area contributed by atoms with Crippen molar-refractivity contribution in [3.8, 4) is 23.0 Å². The average Bonchev–Trinajstić information content (AvgIpc) is 3.49. The third-order valence-electron chi connectivity index (χ3n) is 6.05. The predicted molar refractivity (Wildman–Crippen MR) is 133 cm³/mol. The Morgan fingerprint density at radius 2 is 2.06 bits per heavy atom. The molecule has 7 nitrogen and oxygen atoms in total. The van der Waals surface area contributed by atoms with Gasteiger partial charge in [0.15, 0.2) is 0 Å². The number of ether oxygens (including phenoxy) is 1. The molecule has 0 radical (unpaired) electrons. The van der Waals surface area contributed by atoms with Crippen LogP contribution in [0, 0.1) is 13.8 Å². The first-order chi connectivity index (χ1) is 16.4. The van der Waals surface area contributed by atoms with E-state index in [-0.39, 0.29) is 5.91 Å². The lowest BCUT2D eigenvalue weighted by Crippen LogP contribution is -2.27. The minimum atomic E-state index is -0.0589. The summed E-state index contributed by atoms with van der Waals surface area (Å²) in [6.45, 7) is 4.68. The van der Waals surface area contributed by atoms with Gasteiger partial charge in [-0.15, -0.1) is 11.3 Å². The topological polar surface area (TPSA) is 73.1 Å². The normalized spacial score (nSPS) is 13.2. The van der Waals surface area contributed by atoms with Gasteiger partial charge in [0.1, 0.15) is 5.75 Å². The zero-order valence-corrected chi connectivity index (χ0v) is 20.6. The lowest BCUT2D eigenvalue weighted by molar-refractivity contribution is 0.0783. The summed E-state index contributed by atoms with van der Waals surface area (Å²) >= 11 is 1.76. The summed E-state index contributed by atoms with van der Waals surface area (Å²) < 4.78 is 7.07. The van der Waals surface area contributed by atoms with Crippen LogP contribution in [0.4, 0.5) is 0 Å². The van der Waals surface area contributed by atoms with E-state index in [1.807, 2.05) is 37.4 Å². The van der Waals surface area contributed by atoms with Crippen LogP contribution in [-0.4, -0.2) is 44.7 Å². The molecule has 174 valence electrons. The minimum absolute atomic E-state index is 0.0589. The maximum Gasteiger partial charge on any atom is 0.257 e. The molecule has 8 heteroatoms. The highest BCUT2D eigenvalue weighted by Gasteiger charge is 2.34. The standard InChI is InChI=1S/C26H27N5O2S/c1-16-12-21(17(2)34-16)23-10-11-27-26(29-23)31-24(19-8-9-19)22(14-28-31)25(32)30(3)15-18-6-5-7-20(13-18)33-4/h5-7,10-14,19H,8-9,15H2,1-4H3. The molecule has 0 N–H and O–H groups in total. The van der Waals surface area contributed by atoms with Crippen LogP contribution in [0.1, 0.15) is 50.1 Å². The van der Waals surface area contributed by atoms with E-state index in [0.29, 0.717) is 24.0 Å². The summed E-state index contributed by atoms with van der Waals surface area (Å²) in [4.78, 5) is 26.9. The summed E-state index contributed by atoms with van der Waals surface area (Å²) in [5, 5.41) is 4.57. The van der Waals surface area contributed by atoms with Crippen LogP contribution in [0.15, 0.2) is 48.8 Å². The van der Waals surface area contributed by atoms with Crippen molar-refractivity contribution in [3.05, 3.63) is 75.4 Å². The summed E-state index contributed by atoms with van der Waals surface area (Å²) in [7, 11) is 3.46. The molecule has 5 rings (SSSR count). The number of hydrogen-bond acceptors (Lipinski definition) is 6. The Kier molecular flexibility index (Phi) is 5.91. The number of methoxy groups -OCH3 is 1. The highest BCUT2D eigenvalue weighted by Crippen LogP contribution is 2.42. The highest BCUT2D eigenvalue weighted by molar-refractivity contribution is 7.12. The van der Waals surface area contributed by atoms with Gasteiger partial charge in [-0.1, -0.05) is 12.1 Å². The number of carbonyl (C=O) groups excluding carboxylic acids is 1. The van der Waals surface area contributed by atoms with Crippen molar-refractivity contribution < 1.29 is 9.53 Å². The zero-order chi connectivity index (χ0) is 23.8. The Labute approximate surface area is 203 Å². The lowest BCUT2D eigenvalue weighted by Gasteiger charge is -2.18. The second kappa shape index (κ2) is 9.02. The SMILES string of the molecule is COc1cccc(CN(C)C(=O)c2cnn(-c3nccc(-c4cc(C)sc4C)n3)c2C2CC2)c1. The van der Waals surface area contributed by atoms with E-state index in [9.17, 15) is 4.79 Å². The van der Waals surface area contributed by atoms with E-state index in [1.54, 1.807) is 40.4 Å². The van der Waals surface area contributed by atoms with E-state index in [2.05, 4.69) is 30.0 Å². The van der Waals surface area contributed by atoms with Crippen LogP contribution in [-0.2, 0) is 6.54 Å². The number of hydrogen-bond donors (Lipinski definition) is 0. The largest absolute Gasteiger partial charge is 0.497 e. The molecule has 1 saturated carbocycles. The van der Waals surface area contributed by atoms with Crippen molar-refractivity contribution in [1.82, 2.24) is 24.6 Å². The molecule has 0 bridgehead atoms. The van der Waals surface area contributed by atoms with Gasteiger partial charge in [-0.05, 0) is 56.5 Å². The number of aryl methyl sites for hydroxylation is 2.